The topological polar surface area (TPSA) is 65.4 Å². The van der Waals surface area contributed by atoms with Crippen LogP contribution in [0, 0.1) is 5.92 Å². The van der Waals surface area contributed by atoms with Crippen LogP contribution in [0.3, 0.4) is 0 Å². The van der Waals surface area contributed by atoms with Crippen molar-refractivity contribution in [3.05, 3.63) is 82.9 Å². The van der Waals surface area contributed by atoms with Crippen molar-refractivity contribution in [1.29, 1.82) is 0 Å². The molecule has 168 valence electrons. The van der Waals surface area contributed by atoms with Gasteiger partial charge >= 0.3 is 0 Å². The molecular formula is C25H28ClN3O3. The second kappa shape index (κ2) is 10.9. The Morgan fingerprint density at radius 2 is 1.94 bits per heavy atom. The molecule has 32 heavy (non-hydrogen) atoms. The Morgan fingerprint density at radius 1 is 1.19 bits per heavy atom. The first-order chi connectivity index (χ1) is 15.4. The molecular weight excluding hydrogens is 426 g/mol. The van der Waals surface area contributed by atoms with Crippen LogP contribution in [-0.2, 0) is 11.8 Å². The lowest BCUT2D eigenvalue weighted by atomic mass is 10.1. The smallest absolute Gasteiger partial charge is 0.244 e. The summed E-state index contributed by atoms with van der Waals surface area (Å²) in [7, 11) is 3.49. The maximum absolute atomic E-state index is 12.8. The van der Waals surface area contributed by atoms with Crippen molar-refractivity contribution in [2.45, 2.75) is 19.9 Å². The van der Waals surface area contributed by atoms with Gasteiger partial charge in [0.15, 0.2) is 11.5 Å². The van der Waals surface area contributed by atoms with Crippen molar-refractivity contribution >= 4 is 23.6 Å². The fourth-order valence-electron chi connectivity index (χ4n) is 3.13. The Kier molecular flexibility index (Phi) is 7.95. The highest BCUT2D eigenvalue weighted by atomic mass is 35.5. The molecule has 1 N–H and O–H groups in total. The zero-order valence-electron chi connectivity index (χ0n) is 18.7. The number of carbonyl (C=O) groups excluding carboxylic acids is 1. The van der Waals surface area contributed by atoms with Crippen molar-refractivity contribution in [2.75, 3.05) is 13.7 Å². The minimum absolute atomic E-state index is 0.243. The van der Waals surface area contributed by atoms with Crippen LogP contribution in [0.15, 0.2) is 60.9 Å². The summed E-state index contributed by atoms with van der Waals surface area (Å²) in [5, 5.41) is 3.66. The summed E-state index contributed by atoms with van der Waals surface area (Å²) in [6.45, 7) is 4.78. The lowest BCUT2D eigenvalue weighted by Gasteiger charge is -2.18. The van der Waals surface area contributed by atoms with Gasteiger partial charge in [0.2, 0.25) is 5.91 Å². The third kappa shape index (κ3) is 6.14. The number of nitrogens with zero attached hydrogens (tertiary/aromatic N) is 2. The van der Waals surface area contributed by atoms with Crippen molar-refractivity contribution in [3.63, 3.8) is 0 Å². The summed E-state index contributed by atoms with van der Waals surface area (Å²) in [5.74, 6) is 2.20. The lowest BCUT2D eigenvalue weighted by molar-refractivity contribution is -0.117. The van der Waals surface area contributed by atoms with Crippen LogP contribution >= 0.6 is 11.6 Å². The van der Waals surface area contributed by atoms with Crippen molar-refractivity contribution in [2.24, 2.45) is 13.0 Å². The standard InChI is InChI=1S/C25H28ClN3O3/c1-17(2)16-32-21-11-5-18(15-22(21)31-4)6-12-23(30)28-24(25-27-13-14-29(25)3)19-7-9-20(26)10-8-19/h5-15,17,24H,16H2,1-4H3,(H,28,30)/b12-6+. The minimum atomic E-state index is -0.411. The van der Waals surface area contributed by atoms with E-state index >= 15 is 0 Å². The van der Waals surface area contributed by atoms with E-state index in [1.807, 2.05) is 48.1 Å². The maximum atomic E-state index is 12.8. The van der Waals surface area contributed by atoms with E-state index < -0.39 is 6.04 Å². The van der Waals surface area contributed by atoms with Gasteiger partial charge in [0.05, 0.1) is 13.7 Å². The summed E-state index contributed by atoms with van der Waals surface area (Å²) in [4.78, 5) is 17.2. The molecule has 1 heterocycles. The third-order valence-corrected chi connectivity index (χ3v) is 5.05. The second-order valence-electron chi connectivity index (χ2n) is 7.84. The van der Waals surface area contributed by atoms with E-state index in [1.165, 1.54) is 6.08 Å². The Labute approximate surface area is 193 Å². The van der Waals surface area contributed by atoms with Gasteiger partial charge < -0.3 is 19.4 Å². The van der Waals surface area contributed by atoms with Crippen LogP contribution in [0.1, 0.15) is 36.8 Å². The number of imidazole rings is 1. The third-order valence-electron chi connectivity index (χ3n) is 4.79. The molecule has 6 nitrogen and oxygen atoms in total. The molecule has 1 atom stereocenters. The summed E-state index contributed by atoms with van der Waals surface area (Å²) < 4.78 is 13.1. The van der Waals surface area contributed by atoms with Gasteiger partial charge in [-0.05, 0) is 47.4 Å². The number of hydrogen-bond donors (Lipinski definition) is 1. The van der Waals surface area contributed by atoms with E-state index in [-0.39, 0.29) is 5.91 Å². The molecule has 0 aliphatic carbocycles. The van der Waals surface area contributed by atoms with Crippen molar-refractivity contribution < 1.29 is 14.3 Å². The highest BCUT2D eigenvalue weighted by Gasteiger charge is 2.20. The average Bonchev–Trinajstić information content (AvgIpc) is 3.21. The van der Waals surface area contributed by atoms with Gasteiger partial charge in [-0.1, -0.05) is 43.6 Å². The van der Waals surface area contributed by atoms with Crippen LogP contribution < -0.4 is 14.8 Å². The average molecular weight is 454 g/mol. The molecule has 1 unspecified atom stereocenters. The van der Waals surface area contributed by atoms with E-state index in [0.717, 1.165) is 17.0 Å². The first kappa shape index (κ1) is 23.4. The first-order valence-corrected chi connectivity index (χ1v) is 10.8. The van der Waals surface area contributed by atoms with E-state index in [0.29, 0.717) is 29.0 Å². The van der Waals surface area contributed by atoms with E-state index in [4.69, 9.17) is 21.1 Å². The molecule has 2 aromatic carbocycles. The van der Waals surface area contributed by atoms with Gasteiger partial charge in [0, 0.05) is 30.5 Å². The summed E-state index contributed by atoms with van der Waals surface area (Å²) in [5.41, 5.74) is 1.72. The minimum Gasteiger partial charge on any atom is -0.493 e. The number of aromatic nitrogens is 2. The zero-order chi connectivity index (χ0) is 23.1. The molecule has 0 aliphatic rings. The molecule has 3 rings (SSSR count). The molecule has 0 spiro atoms. The van der Waals surface area contributed by atoms with Crippen LogP contribution in [0.25, 0.3) is 6.08 Å². The Morgan fingerprint density at radius 3 is 2.56 bits per heavy atom. The van der Waals surface area contributed by atoms with Gasteiger partial charge in [0.25, 0.3) is 0 Å². The number of methoxy groups -OCH3 is 1. The molecule has 1 amide bonds. The summed E-state index contributed by atoms with van der Waals surface area (Å²) in [6, 6.07) is 12.5. The predicted molar refractivity (Wildman–Crippen MR) is 127 cm³/mol. The molecule has 1 aromatic heterocycles. The number of carbonyl (C=O) groups is 1. The fourth-order valence-corrected chi connectivity index (χ4v) is 3.26. The normalized spacial score (nSPS) is 12.2. The van der Waals surface area contributed by atoms with Gasteiger partial charge in [-0.3, -0.25) is 4.79 Å². The second-order valence-corrected chi connectivity index (χ2v) is 8.27. The van der Waals surface area contributed by atoms with Crippen LogP contribution in [0.4, 0.5) is 0 Å². The van der Waals surface area contributed by atoms with Crippen molar-refractivity contribution in [1.82, 2.24) is 14.9 Å². The maximum Gasteiger partial charge on any atom is 0.244 e. The highest BCUT2D eigenvalue weighted by molar-refractivity contribution is 6.30. The van der Waals surface area contributed by atoms with Gasteiger partial charge in [-0.25, -0.2) is 4.98 Å². The first-order valence-electron chi connectivity index (χ1n) is 10.4. The number of hydrogen-bond acceptors (Lipinski definition) is 4. The Balaban J connectivity index is 1.76. The predicted octanol–water partition coefficient (Wildman–Crippen LogP) is 5.04. The van der Waals surface area contributed by atoms with Crippen LogP contribution in [0.2, 0.25) is 5.02 Å². The molecule has 0 saturated heterocycles. The number of ether oxygens (including phenoxy) is 2. The monoisotopic (exact) mass is 453 g/mol. The Bertz CT molecular complexity index is 1070. The van der Waals surface area contributed by atoms with E-state index in [2.05, 4.69) is 24.1 Å². The molecule has 0 fully saturated rings. The summed E-state index contributed by atoms with van der Waals surface area (Å²) >= 11 is 6.03. The molecule has 0 saturated carbocycles. The Hall–Kier alpha value is -3.25. The lowest BCUT2D eigenvalue weighted by Crippen LogP contribution is -2.29. The molecule has 0 bridgehead atoms. The number of nitrogens with one attached hydrogen (secondary N) is 1. The quantitative estimate of drug-likeness (QED) is 0.461. The van der Waals surface area contributed by atoms with E-state index in [1.54, 1.807) is 31.5 Å². The molecule has 0 aliphatic heterocycles. The molecule has 7 heteroatoms. The SMILES string of the molecule is COc1cc(/C=C/C(=O)NC(c2ccc(Cl)cc2)c2nccn2C)ccc1OCC(C)C. The molecule has 0 radical (unpaired) electrons. The highest BCUT2D eigenvalue weighted by Crippen LogP contribution is 2.29. The largest absolute Gasteiger partial charge is 0.493 e. The van der Waals surface area contributed by atoms with Crippen molar-refractivity contribution in [3.8, 4) is 11.5 Å². The van der Waals surface area contributed by atoms with E-state index in [9.17, 15) is 4.79 Å². The van der Waals surface area contributed by atoms with Gasteiger partial charge in [-0.2, -0.15) is 0 Å². The van der Waals surface area contributed by atoms with Crippen LogP contribution in [-0.4, -0.2) is 29.2 Å². The fraction of sp³-hybridized carbons (Fsp3) is 0.280. The number of benzene rings is 2. The number of halogens is 1. The van der Waals surface area contributed by atoms with Crippen LogP contribution in [0.5, 0.6) is 11.5 Å². The van der Waals surface area contributed by atoms with Gasteiger partial charge in [-0.15, -0.1) is 0 Å². The zero-order valence-corrected chi connectivity index (χ0v) is 19.5. The number of aryl methyl sites for hydroxylation is 1. The van der Waals surface area contributed by atoms with Gasteiger partial charge in [0.1, 0.15) is 11.9 Å². The number of amides is 1. The number of rotatable bonds is 9. The molecule has 3 aromatic rings. The summed E-state index contributed by atoms with van der Waals surface area (Å²) in [6.07, 6.45) is 6.78.